The monoisotopic (exact) mass is 199 g/mol. The lowest BCUT2D eigenvalue weighted by Crippen LogP contribution is -2.18. The Morgan fingerprint density at radius 1 is 1.21 bits per heavy atom. The van der Waals surface area contributed by atoms with Crippen LogP contribution in [0, 0.1) is 0 Å². The zero-order valence-corrected chi connectivity index (χ0v) is 8.26. The third-order valence-corrected chi connectivity index (χ3v) is 2.24. The van der Waals surface area contributed by atoms with Crippen LogP contribution < -0.4 is 5.73 Å². The van der Waals surface area contributed by atoms with E-state index in [1.165, 1.54) is 12.1 Å². The molecule has 1 aromatic rings. The third kappa shape index (κ3) is 2.51. The lowest BCUT2D eigenvalue weighted by atomic mass is 10.0. The van der Waals surface area contributed by atoms with Crippen LogP contribution in [-0.2, 0) is 12.3 Å². The molecule has 0 aromatic heterocycles. The summed E-state index contributed by atoms with van der Waals surface area (Å²) in [5, 5.41) is 0. The van der Waals surface area contributed by atoms with E-state index in [9.17, 15) is 8.78 Å². The summed E-state index contributed by atoms with van der Waals surface area (Å²) in [6, 6.07) is 6.43. The third-order valence-electron chi connectivity index (χ3n) is 2.24. The Labute approximate surface area is 82.9 Å². The van der Waals surface area contributed by atoms with Crippen molar-refractivity contribution in [2.75, 3.05) is 6.54 Å². The maximum absolute atomic E-state index is 13.3. The summed E-state index contributed by atoms with van der Waals surface area (Å²) in [5.41, 5.74) is 6.25. The molecule has 0 bridgehead atoms. The molecule has 1 aromatic carbocycles. The minimum absolute atomic E-state index is 0.00251. The lowest BCUT2D eigenvalue weighted by Gasteiger charge is -2.15. The molecule has 0 radical (unpaired) electrons. The van der Waals surface area contributed by atoms with Gasteiger partial charge in [0.2, 0.25) is 0 Å². The molecule has 1 nitrogen and oxygen atoms in total. The maximum Gasteiger partial charge on any atom is 0.274 e. The van der Waals surface area contributed by atoms with Crippen molar-refractivity contribution < 1.29 is 8.78 Å². The van der Waals surface area contributed by atoms with Crippen LogP contribution in [0.3, 0.4) is 0 Å². The minimum atomic E-state index is -2.79. The molecule has 0 aliphatic heterocycles. The van der Waals surface area contributed by atoms with Gasteiger partial charge in [-0.1, -0.05) is 31.2 Å². The Kier molecular flexibility index (Phi) is 3.58. The van der Waals surface area contributed by atoms with E-state index in [1.807, 2.05) is 6.92 Å². The highest BCUT2D eigenvalue weighted by Crippen LogP contribution is 2.30. The van der Waals surface area contributed by atoms with Crippen LogP contribution in [0.15, 0.2) is 24.3 Å². The van der Waals surface area contributed by atoms with Crippen molar-refractivity contribution in [3.8, 4) is 0 Å². The average Bonchev–Trinajstić information content (AvgIpc) is 2.18. The van der Waals surface area contributed by atoms with E-state index in [0.29, 0.717) is 0 Å². The zero-order chi connectivity index (χ0) is 10.6. The highest BCUT2D eigenvalue weighted by molar-refractivity contribution is 5.25. The quantitative estimate of drug-likeness (QED) is 0.792. The average molecular weight is 199 g/mol. The molecule has 14 heavy (non-hydrogen) atoms. The molecule has 78 valence electrons. The fourth-order valence-electron chi connectivity index (χ4n) is 1.31. The van der Waals surface area contributed by atoms with Gasteiger partial charge in [-0.15, -0.1) is 0 Å². The van der Waals surface area contributed by atoms with Gasteiger partial charge in [0.1, 0.15) is 0 Å². The van der Waals surface area contributed by atoms with E-state index in [2.05, 4.69) is 0 Å². The number of hydrogen-bond acceptors (Lipinski definition) is 1. The molecular weight excluding hydrogens is 184 g/mol. The minimum Gasteiger partial charge on any atom is -0.330 e. The van der Waals surface area contributed by atoms with Gasteiger partial charge in [0.15, 0.2) is 0 Å². The second-order valence-corrected chi connectivity index (χ2v) is 3.29. The van der Waals surface area contributed by atoms with E-state index in [4.69, 9.17) is 5.73 Å². The predicted octanol–water partition coefficient (Wildman–Crippen LogP) is 2.69. The van der Waals surface area contributed by atoms with Crippen molar-refractivity contribution in [2.24, 2.45) is 5.73 Å². The normalized spacial score (nSPS) is 11.7. The molecule has 0 fully saturated rings. The summed E-state index contributed by atoms with van der Waals surface area (Å²) in [6.07, 6.45) is 0.571. The fourth-order valence-corrected chi connectivity index (χ4v) is 1.31. The lowest BCUT2D eigenvalue weighted by molar-refractivity contribution is -0.0107. The number of benzene rings is 1. The van der Waals surface area contributed by atoms with Gasteiger partial charge in [-0.05, 0) is 18.5 Å². The molecular formula is C11H15F2N. The highest BCUT2D eigenvalue weighted by Gasteiger charge is 2.29. The van der Waals surface area contributed by atoms with Gasteiger partial charge >= 0.3 is 0 Å². The predicted molar refractivity (Wildman–Crippen MR) is 53.4 cm³/mol. The van der Waals surface area contributed by atoms with Crippen LogP contribution in [0.5, 0.6) is 0 Å². The number of nitrogens with two attached hydrogens (primary N) is 1. The van der Waals surface area contributed by atoms with E-state index in [1.54, 1.807) is 12.1 Å². The Balaban J connectivity index is 2.85. The van der Waals surface area contributed by atoms with Gasteiger partial charge < -0.3 is 5.73 Å². The standard InChI is InChI=1S/C11H15F2N/c1-2-9-3-5-10(6-4-9)11(12,13)7-8-14/h3-6H,2,7-8,14H2,1H3. The van der Waals surface area contributed by atoms with Gasteiger partial charge in [-0.2, -0.15) is 0 Å². The summed E-state index contributed by atoms with van der Waals surface area (Å²) in [5.74, 6) is -2.79. The molecule has 0 saturated heterocycles. The molecule has 0 saturated carbocycles. The van der Waals surface area contributed by atoms with Crippen molar-refractivity contribution >= 4 is 0 Å². The second-order valence-electron chi connectivity index (χ2n) is 3.29. The van der Waals surface area contributed by atoms with Gasteiger partial charge in [0.05, 0.1) is 0 Å². The van der Waals surface area contributed by atoms with E-state index in [0.717, 1.165) is 12.0 Å². The number of aryl methyl sites for hydroxylation is 1. The molecule has 0 heterocycles. The van der Waals surface area contributed by atoms with E-state index < -0.39 is 5.92 Å². The first kappa shape index (κ1) is 11.1. The number of alkyl halides is 2. The SMILES string of the molecule is CCc1ccc(C(F)(F)CCN)cc1. The second kappa shape index (κ2) is 4.51. The van der Waals surface area contributed by atoms with Crippen LogP contribution in [0.25, 0.3) is 0 Å². The van der Waals surface area contributed by atoms with Crippen molar-refractivity contribution in [1.29, 1.82) is 0 Å². The molecule has 0 aliphatic rings. The Bertz CT molecular complexity index is 280. The molecule has 0 atom stereocenters. The van der Waals surface area contributed by atoms with Crippen molar-refractivity contribution in [3.05, 3.63) is 35.4 Å². The van der Waals surface area contributed by atoms with E-state index >= 15 is 0 Å². The summed E-state index contributed by atoms with van der Waals surface area (Å²) in [6.45, 7) is 2.00. The molecule has 0 amide bonds. The van der Waals surface area contributed by atoms with E-state index in [-0.39, 0.29) is 18.5 Å². The van der Waals surface area contributed by atoms with Crippen LogP contribution >= 0.6 is 0 Å². The Hall–Kier alpha value is -0.960. The molecule has 0 unspecified atom stereocenters. The summed E-state index contributed by atoms with van der Waals surface area (Å²) >= 11 is 0. The van der Waals surface area contributed by atoms with Gasteiger partial charge in [-0.3, -0.25) is 0 Å². The zero-order valence-electron chi connectivity index (χ0n) is 8.26. The molecule has 0 spiro atoms. The largest absolute Gasteiger partial charge is 0.330 e. The Morgan fingerprint density at radius 3 is 2.21 bits per heavy atom. The van der Waals surface area contributed by atoms with Crippen LogP contribution in [0.1, 0.15) is 24.5 Å². The summed E-state index contributed by atoms with van der Waals surface area (Å²) < 4.78 is 26.6. The first-order chi connectivity index (χ1) is 6.60. The number of hydrogen-bond donors (Lipinski definition) is 1. The topological polar surface area (TPSA) is 26.0 Å². The first-order valence-corrected chi connectivity index (χ1v) is 4.77. The highest BCUT2D eigenvalue weighted by atomic mass is 19.3. The summed E-state index contributed by atoms with van der Waals surface area (Å²) in [7, 11) is 0. The number of rotatable bonds is 4. The molecule has 3 heteroatoms. The van der Waals surface area contributed by atoms with Crippen LogP contribution in [-0.4, -0.2) is 6.54 Å². The molecule has 2 N–H and O–H groups in total. The van der Waals surface area contributed by atoms with Crippen LogP contribution in [0.2, 0.25) is 0 Å². The van der Waals surface area contributed by atoms with Crippen LogP contribution in [0.4, 0.5) is 8.78 Å². The number of halogens is 2. The van der Waals surface area contributed by atoms with Crippen molar-refractivity contribution in [2.45, 2.75) is 25.7 Å². The van der Waals surface area contributed by atoms with Crippen molar-refractivity contribution in [3.63, 3.8) is 0 Å². The first-order valence-electron chi connectivity index (χ1n) is 4.77. The fraction of sp³-hybridized carbons (Fsp3) is 0.455. The Morgan fingerprint density at radius 2 is 1.79 bits per heavy atom. The van der Waals surface area contributed by atoms with Crippen molar-refractivity contribution in [1.82, 2.24) is 0 Å². The van der Waals surface area contributed by atoms with Gasteiger partial charge in [0.25, 0.3) is 5.92 Å². The smallest absolute Gasteiger partial charge is 0.274 e. The van der Waals surface area contributed by atoms with Gasteiger partial charge in [-0.25, -0.2) is 8.78 Å². The molecule has 0 aliphatic carbocycles. The molecule has 1 rings (SSSR count). The maximum atomic E-state index is 13.3. The summed E-state index contributed by atoms with van der Waals surface area (Å²) in [4.78, 5) is 0. The van der Waals surface area contributed by atoms with Gasteiger partial charge in [0, 0.05) is 12.0 Å².